The summed E-state index contributed by atoms with van der Waals surface area (Å²) in [4.78, 5) is 19.1. The molecule has 2 unspecified atom stereocenters. The van der Waals surface area contributed by atoms with Gasteiger partial charge in [0.1, 0.15) is 11.8 Å². The molecule has 1 N–H and O–H groups in total. The zero-order valence-electron chi connectivity index (χ0n) is 21.3. The molecule has 1 aromatic carbocycles. The molecule has 0 radical (unpaired) electrons. The number of rotatable bonds is 8. The van der Waals surface area contributed by atoms with Crippen LogP contribution in [0, 0.1) is 6.92 Å². The van der Waals surface area contributed by atoms with Crippen LogP contribution in [-0.4, -0.2) is 49.3 Å². The molecule has 3 aromatic heterocycles. The van der Waals surface area contributed by atoms with Crippen molar-refractivity contribution in [2.45, 2.75) is 76.6 Å². The van der Waals surface area contributed by atoms with E-state index in [-0.39, 0.29) is 17.7 Å². The van der Waals surface area contributed by atoms with Crippen LogP contribution >= 0.6 is 0 Å². The van der Waals surface area contributed by atoms with E-state index in [1.165, 1.54) is 6.42 Å². The SMILES string of the molecule is Cc1ccc2cc(C(c3nnnn3C3CCCCC3)N(Cc3ccco3)CC3CCCO3)c(=O)[nH]c2c1. The highest BCUT2D eigenvalue weighted by atomic mass is 16.5. The minimum absolute atomic E-state index is 0.0821. The second kappa shape index (κ2) is 10.6. The molecule has 0 amide bonds. The normalized spacial score (nSPS) is 19.7. The molecule has 9 heteroatoms. The zero-order valence-corrected chi connectivity index (χ0v) is 21.3. The molecule has 1 saturated carbocycles. The third kappa shape index (κ3) is 5.10. The average Bonchev–Trinajstić information content (AvgIpc) is 3.69. The van der Waals surface area contributed by atoms with Gasteiger partial charge in [0.05, 0.1) is 25.0 Å². The maximum Gasteiger partial charge on any atom is 0.253 e. The van der Waals surface area contributed by atoms with E-state index in [1.807, 2.05) is 35.9 Å². The maximum absolute atomic E-state index is 13.7. The molecule has 0 spiro atoms. The standard InChI is InChI=1S/C28H34N6O3/c1-19-11-12-20-16-24(28(35)29-25(20)15-19)26(27-30-31-32-34(27)21-7-3-2-4-8-21)33(17-22-9-5-13-36-22)18-23-10-6-14-37-23/h5,9,11-13,15-16,21,23,26H,2-4,6-8,10,14,17-18H2,1H3,(H,29,35). The summed E-state index contributed by atoms with van der Waals surface area (Å²) in [5.74, 6) is 1.53. The molecule has 37 heavy (non-hydrogen) atoms. The molecule has 1 aliphatic carbocycles. The number of benzene rings is 1. The van der Waals surface area contributed by atoms with E-state index in [1.54, 1.807) is 6.26 Å². The third-order valence-electron chi connectivity index (χ3n) is 7.77. The Hall–Kier alpha value is -3.30. The first-order valence-electron chi connectivity index (χ1n) is 13.4. The lowest BCUT2D eigenvalue weighted by Gasteiger charge is -2.33. The van der Waals surface area contributed by atoms with Crippen molar-refractivity contribution in [3.8, 4) is 0 Å². The van der Waals surface area contributed by atoms with E-state index in [0.717, 1.165) is 67.4 Å². The molecule has 4 aromatic rings. The van der Waals surface area contributed by atoms with Gasteiger partial charge in [0.2, 0.25) is 0 Å². The van der Waals surface area contributed by atoms with Crippen molar-refractivity contribution in [2.24, 2.45) is 0 Å². The number of nitrogens with one attached hydrogen (secondary N) is 1. The van der Waals surface area contributed by atoms with Gasteiger partial charge in [-0.15, -0.1) is 5.10 Å². The summed E-state index contributed by atoms with van der Waals surface area (Å²) in [6.07, 6.45) is 9.45. The molecule has 2 atom stereocenters. The highest BCUT2D eigenvalue weighted by Crippen LogP contribution is 2.34. The topological polar surface area (TPSA) is 102 Å². The van der Waals surface area contributed by atoms with Crippen LogP contribution in [-0.2, 0) is 11.3 Å². The van der Waals surface area contributed by atoms with E-state index in [9.17, 15) is 4.79 Å². The van der Waals surface area contributed by atoms with Crippen molar-refractivity contribution in [3.05, 3.63) is 75.7 Å². The van der Waals surface area contributed by atoms with Gasteiger partial charge in [-0.25, -0.2) is 4.68 Å². The summed E-state index contributed by atoms with van der Waals surface area (Å²) in [7, 11) is 0. The molecule has 0 bridgehead atoms. The number of fused-ring (bicyclic) bond motifs is 1. The van der Waals surface area contributed by atoms with Crippen LogP contribution in [0.3, 0.4) is 0 Å². The van der Waals surface area contributed by atoms with E-state index >= 15 is 0 Å². The fraction of sp³-hybridized carbons (Fsp3) is 0.500. The highest BCUT2D eigenvalue weighted by Gasteiger charge is 2.35. The number of nitrogens with zero attached hydrogens (tertiary/aromatic N) is 5. The summed E-state index contributed by atoms with van der Waals surface area (Å²) in [5, 5.41) is 14.1. The summed E-state index contributed by atoms with van der Waals surface area (Å²) in [5.41, 5.74) is 2.44. The number of aromatic amines is 1. The molecule has 1 saturated heterocycles. The van der Waals surface area contributed by atoms with Crippen molar-refractivity contribution < 1.29 is 9.15 Å². The lowest BCUT2D eigenvalue weighted by Crippen LogP contribution is -2.39. The van der Waals surface area contributed by atoms with Gasteiger partial charge in [0.15, 0.2) is 5.82 Å². The number of aryl methyl sites for hydroxylation is 1. The van der Waals surface area contributed by atoms with Gasteiger partial charge in [-0.05, 0) is 78.2 Å². The molecular weight excluding hydrogens is 468 g/mol. The van der Waals surface area contributed by atoms with E-state index in [4.69, 9.17) is 9.15 Å². The van der Waals surface area contributed by atoms with Gasteiger partial charge in [-0.1, -0.05) is 31.4 Å². The first kappa shape index (κ1) is 24.1. The van der Waals surface area contributed by atoms with Crippen LogP contribution < -0.4 is 5.56 Å². The van der Waals surface area contributed by atoms with Crippen molar-refractivity contribution in [2.75, 3.05) is 13.2 Å². The first-order valence-corrected chi connectivity index (χ1v) is 13.4. The van der Waals surface area contributed by atoms with Gasteiger partial charge in [0.25, 0.3) is 5.56 Å². The van der Waals surface area contributed by atoms with Gasteiger partial charge in [-0.2, -0.15) is 0 Å². The number of ether oxygens (including phenoxy) is 1. The van der Waals surface area contributed by atoms with Crippen LogP contribution in [0.2, 0.25) is 0 Å². The minimum atomic E-state index is -0.458. The second-order valence-electron chi connectivity index (χ2n) is 10.5. The Kier molecular flexibility index (Phi) is 6.89. The van der Waals surface area contributed by atoms with Crippen LogP contribution in [0.5, 0.6) is 0 Å². The van der Waals surface area contributed by atoms with E-state index < -0.39 is 6.04 Å². The first-order chi connectivity index (χ1) is 18.2. The minimum Gasteiger partial charge on any atom is -0.468 e. The Labute approximate surface area is 215 Å². The smallest absolute Gasteiger partial charge is 0.253 e. The van der Waals surface area contributed by atoms with E-state index in [0.29, 0.717) is 24.5 Å². The molecule has 2 aliphatic rings. The summed E-state index contributed by atoms with van der Waals surface area (Å²) >= 11 is 0. The third-order valence-corrected chi connectivity index (χ3v) is 7.77. The number of pyridine rings is 1. The number of H-pyrrole nitrogens is 1. The summed E-state index contributed by atoms with van der Waals surface area (Å²) in [6.45, 7) is 3.95. The molecular formula is C28H34N6O3. The van der Waals surface area contributed by atoms with Crippen LogP contribution in [0.4, 0.5) is 0 Å². The zero-order chi connectivity index (χ0) is 25.2. The summed E-state index contributed by atoms with van der Waals surface area (Å²) < 4.78 is 13.8. The van der Waals surface area contributed by atoms with Crippen LogP contribution in [0.15, 0.2) is 51.9 Å². The Morgan fingerprint density at radius 3 is 2.81 bits per heavy atom. The number of hydrogen-bond acceptors (Lipinski definition) is 7. The second-order valence-corrected chi connectivity index (χ2v) is 10.5. The Balaban J connectivity index is 1.49. The van der Waals surface area contributed by atoms with Crippen molar-refractivity contribution >= 4 is 10.9 Å². The average molecular weight is 503 g/mol. The van der Waals surface area contributed by atoms with Crippen LogP contribution in [0.1, 0.15) is 79.7 Å². The Bertz CT molecular complexity index is 1380. The molecule has 194 valence electrons. The number of hydrogen-bond donors (Lipinski definition) is 1. The van der Waals surface area contributed by atoms with Gasteiger partial charge in [-0.3, -0.25) is 9.69 Å². The van der Waals surface area contributed by atoms with Gasteiger partial charge >= 0.3 is 0 Å². The van der Waals surface area contributed by atoms with Crippen molar-refractivity contribution in [1.29, 1.82) is 0 Å². The maximum atomic E-state index is 13.7. The largest absolute Gasteiger partial charge is 0.468 e. The van der Waals surface area contributed by atoms with Gasteiger partial charge < -0.3 is 14.1 Å². The Morgan fingerprint density at radius 1 is 1.14 bits per heavy atom. The predicted octanol–water partition coefficient (Wildman–Crippen LogP) is 4.69. The molecule has 6 rings (SSSR count). The summed E-state index contributed by atoms with van der Waals surface area (Å²) in [6, 6.07) is 11.8. The quantitative estimate of drug-likeness (QED) is 0.373. The predicted molar refractivity (Wildman–Crippen MR) is 139 cm³/mol. The fourth-order valence-electron chi connectivity index (χ4n) is 5.91. The molecule has 9 nitrogen and oxygen atoms in total. The van der Waals surface area contributed by atoms with Gasteiger partial charge in [0, 0.05) is 24.2 Å². The lowest BCUT2D eigenvalue weighted by atomic mass is 9.95. The van der Waals surface area contributed by atoms with Crippen LogP contribution in [0.25, 0.3) is 10.9 Å². The molecule has 2 fully saturated rings. The monoisotopic (exact) mass is 502 g/mol. The van der Waals surface area contributed by atoms with Crippen molar-refractivity contribution in [1.82, 2.24) is 30.1 Å². The lowest BCUT2D eigenvalue weighted by molar-refractivity contribution is 0.0539. The van der Waals surface area contributed by atoms with E-state index in [2.05, 4.69) is 37.5 Å². The van der Waals surface area contributed by atoms with Crippen molar-refractivity contribution in [3.63, 3.8) is 0 Å². The number of aromatic nitrogens is 5. The number of furan rings is 1. The molecule has 4 heterocycles. The molecule has 1 aliphatic heterocycles. The Morgan fingerprint density at radius 2 is 2.03 bits per heavy atom. The number of tetrazole rings is 1. The fourth-order valence-corrected chi connectivity index (χ4v) is 5.91. The highest BCUT2D eigenvalue weighted by molar-refractivity contribution is 5.79.